The van der Waals surface area contributed by atoms with Crippen molar-refractivity contribution in [2.24, 2.45) is 0 Å². The molecule has 0 aliphatic heterocycles. The molecule has 0 fully saturated rings. The van der Waals surface area contributed by atoms with E-state index in [1.165, 1.54) is 0 Å². The van der Waals surface area contributed by atoms with E-state index in [4.69, 9.17) is 9.47 Å². The predicted molar refractivity (Wildman–Crippen MR) is 96.0 cm³/mol. The number of carbonyl (C=O) groups is 2. The zero-order valence-electron chi connectivity index (χ0n) is 13.9. The first kappa shape index (κ1) is 16.7. The minimum Gasteiger partial charge on any atom is -0.480 e. The number of esters is 1. The molecule has 0 aliphatic rings. The fourth-order valence-electron chi connectivity index (χ4n) is 2.66. The molecule has 0 aromatic heterocycles. The standard InChI is InChI=1S/C21H18O4/c1-2-24-19(22)14-25-21-17-11-7-6-8-15(17)12-13-18(21)20(23)16-9-4-3-5-10-16/h3-13H,2,14H2,1H3. The number of ketones is 1. The van der Waals surface area contributed by atoms with Crippen LogP contribution in [0.15, 0.2) is 66.7 Å². The van der Waals surface area contributed by atoms with Crippen molar-refractivity contribution in [1.29, 1.82) is 0 Å². The third kappa shape index (κ3) is 3.69. The lowest BCUT2D eigenvalue weighted by molar-refractivity contribution is -0.145. The summed E-state index contributed by atoms with van der Waals surface area (Å²) >= 11 is 0. The fourth-order valence-corrected chi connectivity index (χ4v) is 2.66. The second-order valence-electron chi connectivity index (χ2n) is 5.45. The van der Waals surface area contributed by atoms with Crippen LogP contribution in [0.3, 0.4) is 0 Å². The van der Waals surface area contributed by atoms with Gasteiger partial charge in [-0.1, -0.05) is 60.7 Å². The van der Waals surface area contributed by atoms with Crippen molar-refractivity contribution < 1.29 is 19.1 Å². The number of hydrogen-bond donors (Lipinski definition) is 0. The number of rotatable bonds is 6. The van der Waals surface area contributed by atoms with E-state index in [2.05, 4.69) is 0 Å². The van der Waals surface area contributed by atoms with Crippen LogP contribution in [0.5, 0.6) is 5.75 Å². The van der Waals surface area contributed by atoms with Crippen molar-refractivity contribution in [3.8, 4) is 5.75 Å². The Bertz CT molecular complexity index is 900. The molecule has 0 saturated heterocycles. The van der Waals surface area contributed by atoms with E-state index in [9.17, 15) is 9.59 Å². The Labute approximate surface area is 146 Å². The van der Waals surface area contributed by atoms with Crippen molar-refractivity contribution in [3.05, 3.63) is 77.9 Å². The van der Waals surface area contributed by atoms with Crippen LogP contribution in [0, 0.1) is 0 Å². The second-order valence-corrected chi connectivity index (χ2v) is 5.45. The SMILES string of the molecule is CCOC(=O)COc1c(C(=O)c2ccccc2)ccc2ccccc12. The first-order valence-electron chi connectivity index (χ1n) is 8.10. The average Bonchev–Trinajstić information content (AvgIpc) is 2.66. The molecule has 0 spiro atoms. The Kier molecular flexibility index (Phi) is 5.09. The smallest absolute Gasteiger partial charge is 0.344 e. The first-order valence-corrected chi connectivity index (χ1v) is 8.10. The molecule has 0 saturated carbocycles. The summed E-state index contributed by atoms with van der Waals surface area (Å²) in [5.41, 5.74) is 0.993. The van der Waals surface area contributed by atoms with Gasteiger partial charge in [0.25, 0.3) is 0 Å². The first-order chi connectivity index (χ1) is 12.2. The Balaban J connectivity index is 2.03. The summed E-state index contributed by atoms with van der Waals surface area (Å²) < 4.78 is 10.6. The Hall–Kier alpha value is -3.14. The van der Waals surface area contributed by atoms with Gasteiger partial charge in [-0.05, 0) is 18.4 Å². The summed E-state index contributed by atoms with van der Waals surface area (Å²) in [5, 5.41) is 1.72. The monoisotopic (exact) mass is 334 g/mol. The number of hydrogen-bond acceptors (Lipinski definition) is 4. The molecule has 25 heavy (non-hydrogen) atoms. The minimum absolute atomic E-state index is 0.148. The third-order valence-electron chi connectivity index (χ3n) is 3.80. The molecule has 0 unspecified atom stereocenters. The number of benzene rings is 3. The lowest BCUT2D eigenvalue weighted by Gasteiger charge is -2.13. The van der Waals surface area contributed by atoms with E-state index in [-0.39, 0.29) is 19.0 Å². The van der Waals surface area contributed by atoms with Gasteiger partial charge in [-0.15, -0.1) is 0 Å². The van der Waals surface area contributed by atoms with Gasteiger partial charge in [-0.3, -0.25) is 4.79 Å². The van der Waals surface area contributed by atoms with Gasteiger partial charge in [0.05, 0.1) is 12.2 Å². The highest BCUT2D eigenvalue weighted by Crippen LogP contribution is 2.31. The molecular formula is C21H18O4. The topological polar surface area (TPSA) is 52.6 Å². The fraction of sp³-hybridized carbons (Fsp3) is 0.143. The van der Waals surface area contributed by atoms with Gasteiger partial charge in [-0.2, -0.15) is 0 Å². The van der Waals surface area contributed by atoms with E-state index < -0.39 is 5.97 Å². The van der Waals surface area contributed by atoms with Crippen LogP contribution in [-0.4, -0.2) is 25.0 Å². The predicted octanol–water partition coefficient (Wildman–Crippen LogP) is 4.01. The van der Waals surface area contributed by atoms with Crippen LogP contribution in [-0.2, 0) is 9.53 Å². The minimum atomic E-state index is -0.464. The molecule has 0 amide bonds. The van der Waals surface area contributed by atoms with Crippen LogP contribution < -0.4 is 4.74 Å². The highest BCUT2D eigenvalue weighted by Gasteiger charge is 2.18. The molecule has 3 aromatic rings. The third-order valence-corrected chi connectivity index (χ3v) is 3.80. The molecule has 0 N–H and O–H groups in total. The quantitative estimate of drug-likeness (QED) is 0.505. The van der Waals surface area contributed by atoms with Gasteiger partial charge in [0.2, 0.25) is 0 Å². The van der Waals surface area contributed by atoms with Crippen LogP contribution >= 0.6 is 0 Å². The molecular weight excluding hydrogens is 316 g/mol. The van der Waals surface area contributed by atoms with E-state index >= 15 is 0 Å². The van der Waals surface area contributed by atoms with Crippen molar-refractivity contribution in [3.63, 3.8) is 0 Å². The van der Waals surface area contributed by atoms with Crippen LogP contribution in [0.2, 0.25) is 0 Å². The summed E-state index contributed by atoms with van der Waals surface area (Å²) in [7, 11) is 0. The zero-order chi connectivity index (χ0) is 17.6. The van der Waals surface area contributed by atoms with Crippen molar-refractivity contribution in [2.45, 2.75) is 6.92 Å². The summed E-state index contributed by atoms with van der Waals surface area (Å²) in [6, 6.07) is 20.2. The highest BCUT2D eigenvalue weighted by molar-refractivity contribution is 6.13. The van der Waals surface area contributed by atoms with Gasteiger partial charge in [0, 0.05) is 10.9 Å². The van der Waals surface area contributed by atoms with E-state index in [0.717, 1.165) is 10.8 Å². The van der Waals surface area contributed by atoms with E-state index in [0.29, 0.717) is 16.9 Å². The average molecular weight is 334 g/mol. The van der Waals surface area contributed by atoms with Crippen LogP contribution in [0.25, 0.3) is 10.8 Å². The maximum Gasteiger partial charge on any atom is 0.344 e. The lowest BCUT2D eigenvalue weighted by atomic mass is 9.98. The molecule has 0 aliphatic carbocycles. The van der Waals surface area contributed by atoms with Crippen molar-refractivity contribution in [2.75, 3.05) is 13.2 Å². The molecule has 0 heterocycles. The molecule has 4 nitrogen and oxygen atoms in total. The van der Waals surface area contributed by atoms with Gasteiger partial charge in [0.1, 0.15) is 5.75 Å². The van der Waals surface area contributed by atoms with Crippen molar-refractivity contribution >= 4 is 22.5 Å². The number of carbonyl (C=O) groups excluding carboxylic acids is 2. The molecule has 0 bridgehead atoms. The second kappa shape index (κ2) is 7.62. The highest BCUT2D eigenvalue weighted by atomic mass is 16.6. The maximum absolute atomic E-state index is 12.9. The summed E-state index contributed by atoms with van der Waals surface area (Å²) in [5.74, 6) is -0.209. The summed E-state index contributed by atoms with van der Waals surface area (Å²) in [6.07, 6.45) is 0. The maximum atomic E-state index is 12.9. The number of fused-ring (bicyclic) bond motifs is 1. The van der Waals surface area contributed by atoms with E-state index in [1.54, 1.807) is 25.1 Å². The summed E-state index contributed by atoms with van der Waals surface area (Å²) in [4.78, 5) is 24.6. The van der Waals surface area contributed by atoms with E-state index in [1.807, 2.05) is 48.5 Å². The largest absolute Gasteiger partial charge is 0.480 e. The normalized spacial score (nSPS) is 10.4. The molecule has 0 radical (unpaired) electrons. The Morgan fingerprint density at radius 1 is 0.880 bits per heavy atom. The van der Waals surface area contributed by atoms with Gasteiger partial charge in [0.15, 0.2) is 12.4 Å². The van der Waals surface area contributed by atoms with Crippen LogP contribution in [0.4, 0.5) is 0 Å². The number of ether oxygens (including phenoxy) is 2. The molecule has 0 atom stereocenters. The molecule has 126 valence electrons. The van der Waals surface area contributed by atoms with Gasteiger partial charge >= 0.3 is 5.97 Å². The lowest BCUT2D eigenvalue weighted by Crippen LogP contribution is -2.16. The van der Waals surface area contributed by atoms with Crippen LogP contribution in [0.1, 0.15) is 22.8 Å². The van der Waals surface area contributed by atoms with Gasteiger partial charge < -0.3 is 9.47 Å². The Morgan fingerprint density at radius 2 is 1.60 bits per heavy atom. The molecule has 3 aromatic carbocycles. The van der Waals surface area contributed by atoms with Gasteiger partial charge in [-0.25, -0.2) is 4.79 Å². The Morgan fingerprint density at radius 3 is 2.36 bits per heavy atom. The molecule has 4 heteroatoms. The zero-order valence-corrected chi connectivity index (χ0v) is 13.9. The van der Waals surface area contributed by atoms with Crippen molar-refractivity contribution in [1.82, 2.24) is 0 Å². The molecule has 3 rings (SSSR count). The summed E-state index contributed by atoms with van der Waals surface area (Å²) in [6.45, 7) is 1.78.